The zero-order chi connectivity index (χ0) is 20.9. The number of hydrogen-bond donors (Lipinski definition) is 2. The molecule has 1 aromatic heterocycles. The molecule has 1 aromatic carbocycles. The highest BCUT2D eigenvalue weighted by Crippen LogP contribution is 2.36. The minimum absolute atomic E-state index is 0.0149. The number of halogens is 6. The molecule has 146 valence electrons. The van der Waals surface area contributed by atoms with Gasteiger partial charge in [0.05, 0.1) is 22.4 Å². The van der Waals surface area contributed by atoms with E-state index in [2.05, 4.69) is 15.5 Å². The standard InChI is InChI=1S/C17H11F6N5/c18-16(19,20)12-5-10(6-13(7-12)17(21,22)23)15(25)28-27-9-11(8-24)14-3-1-2-4-26-14/h1-7,9,27H,(H2,25,28)/b11-9-. The predicted molar refractivity (Wildman–Crippen MR) is 88.1 cm³/mol. The number of rotatable bonds is 4. The molecule has 0 aliphatic heterocycles. The molecule has 1 heterocycles. The first kappa shape index (κ1) is 20.8. The van der Waals surface area contributed by atoms with Crippen molar-refractivity contribution in [1.82, 2.24) is 10.4 Å². The van der Waals surface area contributed by atoms with E-state index in [1.54, 1.807) is 12.1 Å². The Morgan fingerprint density at radius 2 is 1.68 bits per heavy atom. The van der Waals surface area contributed by atoms with Gasteiger partial charge in [0.2, 0.25) is 0 Å². The summed E-state index contributed by atoms with van der Waals surface area (Å²) >= 11 is 0. The van der Waals surface area contributed by atoms with Crippen LogP contribution in [-0.2, 0) is 12.4 Å². The van der Waals surface area contributed by atoms with Gasteiger partial charge in [-0.05, 0) is 30.3 Å². The largest absolute Gasteiger partial charge is 0.416 e. The van der Waals surface area contributed by atoms with Crippen LogP contribution in [0.4, 0.5) is 26.3 Å². The molecule has 0 spiro atoms. The second-order valence-corrected chi connectivity index (χ2v) is 5.31. The molecule has 0 radical (unpaired) electrons. The quantitative estimate of drug-likeness (QED) is 0.269. The number of benzene rings is 1. The Kier molecular flexibility index (Phi) is 5.93. The van der Waals surface area contributed by atoms with E-state index < -0.39 is 34.9 Å². The van der Waals surface area contributed by atoms with E-state index in [4.69, 9.17) is 11.0 Å². The van der Waals surface area contributed by atoms with Crippen molar-refractivity contribution in [1.29, 1.82) is 5.26 Å². The van der Waals surface area contributed by atoms with Crippen molar-refractivity contribution in [2.75, 3.05) is 0 Å². The zero-order valence-corrected chi connectivity index (χ0v) is 13.8. The summed E-state index contributed by atoms with van der Waals surface area (Å²) in [5, 5.41) is 12.6. The Bertz CT molecular complexity index is 907. The summed E-state index contributed by atoms with van der Waals surface area (Å²) in [4.78, 5) is 3.92. The number of nitrogens with zero attached hydrogens (tertiary/aromatic N) is 3. The van der Waals surface area contributed by atoms with Crippen LogP contribution < -0.4 is 11.2 Å². The lowest BCUT2D eigenvalue weighted by Gasteiger charge is -2.13. The van der Waals surface area contributed by atoms with Gasteiger partial charge in [0, 0.05) is 18.0 Å². The fourth-order valence-electron chi connectivity index (χ4n) is 2.02. The van der Waals surface area contributed by atoms with Crippen molar-refractivity contribution in [3.63, 3.8) is 0 Å². The lowest BCUT2D eigenvalue weighted by molar-refractivity contribution is -0.143. The van der Waals surface area contributed by atoms with Crippen LogP contribution in [0.25, 0.3) is 5.57 Å². The molecular weight excluding hydrogens is 388 g/mol. The average molecular weight is 399 g/mol. The monoisotopic (exact) mass is 399 g/mol. The third kappa shape index (κ3) is 5.23. The number of hydrogen-bond acceptors (Lipinski definition) is 4. The topological polar surface area (TPSA) is 87.1 Å². The van der Waals surface area contributed by atoms with Crippen LogP contribution in [0.1, 0.15) is 22.4 Å². The lowest BCUT2D eigenvalue weighted by atomic mass is 10.0. The fraction of sp³-hybridized carbons (Fsp3) is 0.118. The van der Waals surface area contributed by atoms with Gasteiger partial charge in [-0.3, -0.25) is 10.4 Å². The fourth-order valence-corrected chi connectivity index (χ4v) is 2.02. The molecule has 0 bridgehead atoms. The van der Waals surface area contributed by atoms with Gasteiger partial charge < -0.3 is 5.73 Å². The molecule has 0 amide bonds. The number of allylic oxidation sites excluding steroid dienone is 1. The van der Waals surface area contributed by atoms with E-state index in [0.29, 0.717) is 12.1 Å². The summed E-state index contributed by atoms with van der Waals surface area (Å²) in [7, 11) is 0. The van der Waals surface area contributed by atoms with Crippen molar-refractivity contribution in [2.45, 2.75) is 12.4 Å². The smallest absolute Gasteiger partial charge is 0.382 e. The summed E-state index contributed by atoms with van der Waals surface area (Å²) in [5.74, 6) is -0.633. The molecule has 0 unspecified atom stereocenters. The summed E-state index contributed by atoms with van der Waals surface area (Å²) in [6.07, 6.45) is -7.51. The molecule has 0 saturated heterocycles. The van der Waals surface area contributed by atoms with Crippen LogP contribution in [0.5, 0.6) is 0 Å². The van der Waals surface area contributed by atoms with Gasteiger partial charge in [-0.1, -0.05) is 6.07 Å². The lowest BCUT2D eigenvalue weighted by Crippen LogP contribution is -2.20. The number of alkyl halides is 6. The van der Waals surface area contributed by atoms with E-state index >= 15 is 0 Å². The van der Waals surface area contributed by atoms with Crippen LogP contribution in [-0.4, -0.2) is 10.8 Å². The van der Waals surface area contributed by atoms with Gasteiger partial charge in [0.1, 0.15) is 6.07 Å². The summed E-state index contributed by atoms with van der Waals surface area (Å²) in [6, 6.07) is 7.46. The number of aromatic nitrogens is 1. The summed E-state index contributed by atoms with van der Waals surface area (Å²) in [6.45, 7) is 0. The third-order valence-electron chi connectivity index (χ3n) is 3.34. The molecule has 3 N–H and O–H groups in total. The van der Waals surface area contributed by atoms with Crippen LogP contribution in [0.2, 0.25) is 0 Å². The van der Waals surface area contributed by atoms with Crippen LogP contribution in [0, 0.1) is 11.3 Å². The first-order chi connectivity index (χ1) is 13.0. The third-order valence-corrected chi connectivity index (χ3v) is 3.34. The molecule has 0 saturated carbocycles. The first-order valence-corrected chi connectivity index (χ1v) is 7.42. The number of hydrazone groups is 1. The average Bonchev–Trinajstić information content (AvgIpc) is 2.64. The van der Waals surface area contributed by atoms with E-state index in [9.17, 15) is 26.3 Å². The van der Waals surface area contributed by atoms with Crippen molar-refractivity contribution in [3.05, 3.63) is 71.2 Å². The van der Waals surface area contributed by atoms with Crippen LogP contribution in [0.15, 0.2) is 53.9 Å². The Labute approximate surface area is 154 Å². The van der Waals surface area contributed by atoms with Gasteiger partial charge in [0.25, 0.3) is 0 Å². The molecule has 5 nitrogen and oxygen atoms in total. The van der Waals surface area contributed by atoms with Crippen LogP contribution >= 0.6 is 0 Å². The molecule has 2 aromatic rings. The Morgan fingerprint density at radius 3 is 2.14 bits per heavy atom. The molecule has 0 aliphatic carbocycles. The molecule has 2 rings (SSSR count). The minimum atomic E-state index is -5.00. The van der Waals surface area contributed by atoms with Crippen molar-refractivity contribution in [2.24, 2.45) is 10.8 Å². The van der Waals surface area contributed by atoms with Crippen LogP contribution in [0.3, 0.4) is 0 Å². The van der Waals surface area contributed by atoms with Gasteiger partial charge in [0.15, 0.2) is 5.84 Å². The number of pyridine rings is 1. The molecule has 11 heteroatoms. The Hall–Kier alpha value is -3.55. The van der Waals surface area contributed by atoms with E-state index in [-0.39, 0.29) is 17.3 Å². The van der Waals surface area contributed by atoms with E-state index in [0.717, 1.165) is 6.20 Å². The minimum Gasteiger partial charge on any atom is -0.382 e. The van der Waals surface area contributed by atoms with Gasteiger partial charge in [-0.2, -0.15) is 36.7 Å². The van der Waals surface area contributed by atoms with Crippen molar-refractivity contribution < 1.29 is 26.3 Å². The maximum Gasteiger partial charge on any atom is 0.416 e. The zero-order valence-electron chi connectivity index (χ0n) is 13.8. The second kappa shape index (κ2) is 7.99. The Morgan fingerprint density at radius 1 is 1.07 bits per heavy atom. The number of nitrogens with one attached hydrogen (secondary N) is 1. The first-order valence-electron chi connectivity index (χ1n) is 7.42. The maximum atomic E-state index is 12.9. The number of nitrogens with two attached hydrogens (primary N) is 1. The Balaban J connectivity index is 2.36. The van der Waals surface area contributed by atoms with Crippen molar-refractivity contribution >= 4 is 11.4 Å². The molecule has 0 fully saturated rings. The highest BCUT2D eigenvalue weighted by atomic mass is 19.4. The normalized spacial score (nSPS) is 13.2. The van der Waals surface area contributed by atoms with Gasteiger partial charge in [-0.25, -0.2) is 0 Å². The highest BCUT2D eigenvalue weighted by molar-refractivity contribution is 5.97. The number of nitriles is 1. The molecule has 28 heavy (non-hydrogen) atoms. The van der Waals surface area contributed by atoms with Gasteiger partial charge in [-0.15, -0.1) is 0 Å². The molecular formula is C17H11F6N5. The SMILES string of the molecule is N#C/C(=C/N/N=C(\N)c1cc(C(F)(F)F)cc(C(F)(F)F)c1)c1ccccn1. The van der Waals surface area contributed by atoms with E-state index in [1.807, 2.05) is 6.07 Å². The highest BCUT2D eigenvalue weighted by Gasteiger charge is 2.37. The summed E-state index contributed by atoms with van der Waals surface area (Å²) < 4.78 is 77.2. The predicted octanol–water partition coefficient (Wildman–Crippen LogP) is 3.89. The molecule has 0 atom stereocenters. The van der Waals surface area contributed by atoms with Crippen molar-refractivity contribution in [3.8, 4) is 6.07 Å². The van der Waals surface area contributed by atoms with Gasteiger partial charge >= 0.3 is 12.4 Å². The summed E-state index contributed by atoms with van der Waals surface area (Å²) in [5.41, 5.74) is 4.43. The molecule has 0 aliphatic rings. The van der Waals surface area contributed by atoms with E-state index in [1.165, 1.54) is 12.3 Å². The number of amidine groups is 1. The second-order valence-electron chi connectivity index (χ2n) is 5.31. The maximum absolute atomic E-state index is 12.9.